The fourth-order valence-electron chi connectivity index (χ4n) is 1.16. The van der Waals surface area contributed by atoms with Gasteiger partial charge < -0.3 is 0 Å². The Bertz CT molecular complexity index is 177. The van der Waals surface area contributed by atoms with E-state index in [1.165, 1.54) is 0 Å². The summed E-state index contributed by atoms with van der Waals surface area (Å²) >= 11 is 0. The third-order valence-electron chi connectivity index (χ3n) is 1.86. The first-order chi connectivity index (χ1) is 4.13. The van der Waals surface area contributed by atoms with Crippen LogP contribution in [0.25, 0.3) is 0 Å². The average Bonchev–Trinajstić information content (AvgIpc) is 1.98. The molecular formula is C8H11F. The van der Waals surface area contributed by atoms with Gasteiger partial charge in [0.25, 0.3) is 0 Å². The standard InChI is InChI=1S/C8H11F/c1-5-4-6(2)8(9)7(5)3/h5H,3-4H2,1-2H3. The predicted octanol–water partition coefficient (Wildman–Crippen LogP) is 2.83. The van der Waals surface area contributed by atoms with E-state index in [0.29, 0.717) is 11.5 Å². The molecule has 0 N–H and O–H groups in total. The number of hydrogen-bond donors (Lipinski definition) is 0. The number of rotatable bonds is 0. The van der Waals surface area contributed by atoms with Gasteiger partial charge in [0.2, 0.25) is 0 Å². The normalized spacial score (nSPS) is 27.9. The molecule has 1 aliphatic carbocycles. The second kappa shape index (κ2) is 1.98. The zero-order valence-corrected chi connectivity index (χ0v) is 5.87. The minimum absolute atomic E-state index is 0.0671. The van der Waals surface area contributed by atoms with E-state index >= 15 is 0 Å². The molecule has 0 amide bonds. The monoisotopic (exact) mass is 126 g/mol. The van der Waals surface area contributed by atoms with Crippen molar-refractivity contribution in [2.45, 2.75) is 20.3 Å². The Balaban J connectivity index is 2.87. The highest BCUT2D eigenvalue weighted by Gasteiger charge is 2.21. The molecule has 0 fully saturated rings. The summed E-state index contributed by atoms with van der Waals surface area (Å²) in [6.45, 7) is 7.46. The van der Waals surface area contributed by atoms with Crippen LogP contribution in [0.1, 0.15) is 20.3 Å². The van der Waals surface area contributed by atoms with Crippen LogP contribution < -0.4 is 0 Å². The van der Waals surface area contributed by atoms with Crippen molar-refractivity contribution < 1.29 is 4.39 Å². The van der Waals surface area contributed by atoms with Crippen molar-refractivity contribution in [1.82, 2.24) is 0 Å². The van der Waals surface area contributed by atoms with Crippen molar-refractivity contribution >= 4 is 0 Å². The van der Waals surface area contributed by atoms with Crippen LogP contribution >= 0.6 is 0 Å². The predicted molar refractivity (Wildman–Crippen MR) is 36.7 cm³/mol. The van der Waals surface area contributed by atoms with Gasteiger partial charge in [0, 0.05) is 0 Å². The molecule has 0 saturated carbocycles. The molecule has 0 aromatic rings. The van der Waals surface area contributed by atoms with Gasteiger partial charge in [0.15, 0.2) is 0 Å². The van der Waals surface area contributed by atoms with Gasteiger partial charge in [-0.2, -0.15) is 0 Å². The molecule has 1 unspecified atom stereocenters. The van der Waals surface area contributed by atoms with Gasteiger partial charge in [-0.25, -0.2) is 4.39 Å². The smallest absolute Gasteiger partial charge is 0.125 e. The highest BCUT2D eigenvalue weighted by atomic mass is 19.1. The maximum absolute atomic E-state index is 12.7. The van der Waals surface area contributed by atoms with E-state index in [-0.39, 0.29) is 5.83 Å². The highest BCUT2D eigenvalue weighted by molar-refractivity contribution is 5.35. The minimum Gasteiger partial charge on any atom is -0.207 e. The molecule has 0 aromatic heterocycles. The first-order valence-electron chi connectivity index (χ1n) is 3.17. The van der Waals surface area contributed by atoms with Crippen LogP contribution in [0.4, 0.5) is 4.39 Å². The Labute approximate surface area is 55.1 Å². The van der Waals surface area contributed by atoms with E-state index in [9.17, 15) is 4.39 Å². The molecule has 0 radical (unpaired) electrons. The minimum atomic E-state index is -0.0671. The van der Waals surface area contributed by atoms with Crippen LogP contribution in [0, 0.1) is 5.92 Å². The van der Waals surface area contributed by atoms with Crippen LogP contribution in [-0.2, 0) is 0 Å². The summed E-state index contributed by atoms with van der Waals surface area (Å²) in [5.74, 6) is 0.257. The van der Waals surface area contributed by atoms with Crippen molar-refractivity contribution in [3.8, 4) is 0 Å². The first kappa shape index (κ1) is 6.53. The van der Waals surface area contributed by atoms with Gasteiger partial charge in [0.1, 0.15) is 5.83 Å². The maximum atomic E-state index is 12.7. The number of allylic oxidation sites excluding steroid dienone is 3. The Kier molecular flexibility index (Phi) is 1.43. The first-order valence-corrected chi connectivity index (χ1v) is 3.17. The Morgan fingerprint density at radius 1 is 1.67 bits per heavy atom. The second-order valence-corrected chi connectivity index (χ2v) is 2.72. The van der Waals surface area contributed by atoms with Gasteiger partial charge in [-0.15, -0.1) is 0 Å². The second-order valence-electron chi connectivity index (χ2n) is 2.72. The molecule has 0 bridgehead atoms. The van der Waals surface area contributed by atoms with Crippen LogP contribution in [-0.4, -0.2) is 0 Å². The quantitative estimate of drug-likeness (QED) is 0.468. The lowest BCUT2D eigenvalue weighted by Crippen LogP contribution is -1.88. The van der Waals surface area contributed by atoms with Crippen LogP contribution in [0.15, 0.2) is 23.6 Å². The summed E-state index contributed by atoms with van der Waals surface area (Å²) in [6.07, 6.45) is 0.852. The third-order valence-corrected chi connectivity index (χ3v) is 1.86. The van der Waals surface area contributed by atoms with E-state index in [4.69, 9.17) is 0 Å². The summed E-state index contributed by atoms with van der Waals surface area (Å²) in [7, 11) is 0. The van der Waals surface area contributed by atoms with Crippen molar-refractivity contribution in [3.63, 3.8) is 0 Å². The van der Waals surface area contributed by atoms with Gasteiger partial charge >= 0.3 is 0 Å². The highest BCUT2D eigenvalue weighted by Crippen LogP contribution is 2.35. The molecular weight excluding hydrogens is 115 g/mol. The zero-order valence-electron chi connectivity index (χ0n) is 5.87. The molecule has 0 heterocycles. The lowest BCUT2D eigenvalue weighted by atomic mass is 10.1. The molecule has 0 spiro atoms. The van der Waals surface area contributed by atoms with Gasteiger partial charge in [-0.1, -0.05) is 13.5 Å². The molecule has 1 heteroatoms. The summed E-state index contributed by atoms with van der Waals surface area (Å²) in [5, 5.41) is 0. The molecule has 0 aliphatic heterocycles. The average molecular weight is 126 g/mol. The molecule has 1 atom stereocenters. The van der Waals surface area contributed by atoms with E-state index in [0.717, 1.165) is 12.0 Å². The molecule has 1 aliphatic rings. The topological polar surface area (TPSA) is 0 Å². The van der Waals surface area contributed by atoms with Crippen LogP contribution in [0.2, 0.25) is 0 Å². The molecule has 0 nitrogen and oxygen atoms in total. The van der Waals surface area contributed by atoms with Crippen LogP contribution in [0.5, 0.6) is 0 Å². The van der Waals surface area contributed by atoms with E-state index in [1.54, 1.807) is 0 Å². The Morgan fingerprint density at radius 2 is 2.22 bits per heavy atom. The molecule has 0 aromatic carbocycles. The lowest BCUT2D eigenvalue weighted by molar-refractivity contribution is 0.634. The van der Waals surface area contributed by atoms with Gasteiger partial charge in [-0.3, -0.25) is 0 Å². The Hall–Kier alpha value is -0.590. The zero-order chi connectivity index (χ0) is 7.02. The SMILES string of the molecule is C=C1C(F)=C(C)CC1C. The molecule has 1 rings (SSSR count). The van der Waals surface area contributed by atoms with Crippen molar-refractivity contribution in [2.24, 2.45) is 5.92 Å². The van der Waals surface area contributed by atoms with Crippen LogP contribution in [0.3, 0.4) is 0 Å². The largest absolute Gasteiger partial charge is 0.207 e. The summed E-state index contributed by atoms with van der Waals surface area (Å²) in [5.41, 5.74) is 1.53. The van der Waals surface area contributed by atoms with Crippen molar-refractivity contribution in [2.75, 3.05) is 0 Å². The van der Waals surface area contributed by atoms with Gasteiger partial charge in [-0.05, 0) is 30.4 Å². The fraction of sp³-hybridized carbons (Fsp3) is 0.500. The number of halogens is 1. The van der Waals surface area contributed by atoms with E-state index in [1.807, 2.05) is 13.8 Å². The lowest BCUT2D eigenvalue weighted by Gasteiger charge is -1.99. The van der Waals surface area contributed by atoms with Crippen molar-refractivity contribution in [1.29, 1.82) is 0 Å². The number of hydrogen-bond acceptors (Lipinski definition) is 0. The Morgan fingerprint density at radius 3 is 2.33 bits per heavy atom. The summed E-state index contributed by atoms with van der Waals surface area (Å²) in [6, 6.07) is 0. The molecule has 0 saturated heterocycles. The van der Waals surface area contributed by atoms with E-state index < -0.39 is 0 Å². The summed E-state index contributed by atoms with van der Waals surface area (Å²) < 4.78 is 12.7. The molecule has 9 heavy (non-hydrogen) atoms. The third kappa shape index (κ3) is 0.913. The summed E-state index contributed by atoms with van der Waals surface area (Å²) in [4.78, 5) is 0. The fourth-order valence-corrected chi connectivity index (χ4v) is 1.16. The van der Waals surface area contributed by atoms with Crippen molar-refractivity contribution in [3.05, 3.63) is 23.6 Å². The van der Waals surface area contributed by atoms with E-state index in [2.05, 4.69) is 6.58 Å². The van der Waals surface area contributed by atoms with Gasteiger partial charge in [0.05, 0.1) is 0 Å². The molecule has 50 valence electrons. The maximum Gasteiger partial charge on any atom is 0.125 e.